The summed E-state index contributed by atoms with van der Waals surface area (Å²) in [5.74, 6) is 4.74. The van der Waals surface area contributed by atoms with E-state index in [-0.39, 0.29) is 0 Å². The number of rotatable bonds is 7. The Labute approximate surface area is 162 Å². The van der Waals surface area contributed by atoms with Crippen molar-refractivity contribution in [3.63, 3.8) is 0 Å². The maximum Gasteiger partial charge on any atom is 0.203 e. The van der Waals surface area contributed by atoms with Gasteiger partial charge in [-0.05, 0) is 48.3 Å². The number of hydrogen-bond donors (Lipinski definition) is 0. The summed E-state index contributed by atoms with van der Waals surface area (Å²) in [6.07, 6.45) is 7.73. The summed E-state index contributed by atoms with van der Waals surface area (Å²) in [4.78, 5) is 5.20. The van der Waals surface area contributed by atoms with Crippen LogP contribution in [0.4, 0.5) is 0 Å². The van der Waals surface area contributed by atoms with Crippen LogP contribution in [-0.2, 0) is 6.54 Å². The Morgan fingerprint density at radius 3 is 2.04 bits per heavy atom. The molecule has 0 spiro atoms. The van der Waals surface area contributed by atoms with Gasteiger partial charge in [-0.25, -0.2) is 0 Å². The third-order valence-corrected chi connectivity index (χ3v) is 6.50. The van der Waals surface area contributed by atoms with Crippen molar-refractivity contribution < 1.29 is 14.2 Å². The molecule has 148 valence electrons. The number of hydrogen-bond acceptors (Lipinski definition) is 5. The Morgan fingerprint density at radius 2 is 1.52 bits per heavy atom. The second-order valence-electron chi connectivity index (χ2n) is 8.15. The van der Waals surface area contributed by atoms with Gasteiger partial charge in [0.05, 0.1) is 21.3 Å². The number of fused-ring (bicyclic) bond motifs is 2. The van der Waals surface area contributed by atoms with Gasteiger partial charge < -0.3 is 19.1 Å². The fourth-order valence-corrected chi connectivity index (χ4v) is 5.05. The van der Waals surface area contributed by atoms with E-state index in [0.717, 1.165) is 48.9 Å². The van der Waals surface area contributed by atoms with Gasteiger partial charge in [0.1, 0.15) is 0 Å². The Kier molecular flexibility index (Phi) is 5.60. The molecule has 5 nitrogen and oxygen atoms in total. The van der Waals surface area contributed by atoms with Crippen molar-refractivity contribution in [1.29, 1.82) is 0 Å². The lowest BCUT2D eigenvalue weighted by atomic mass is 9.93. The molecular formula is C22H32N2O3. The Hall–Kier alpha value is -1.72. The fraction of sp³-hybridized carbons (Fsp3) is 0.636. The zero-order chi connectivity index (χ0) is 18.8. The van der Waals surface area contributed by atoms with Crippen molar-refractivity contribution in [1.82, 2.24) is 9.80 Å². The first kappa shape index (κ1) is 18.6. The van der Waals surface area contributed by atoms with Crippen molar-refractivity contribution in [3.8, 4) is 17.2 Å². The molecule has 1 aliphatic heterocycles. The highest BCUT2D eigenvalue weighted by molar-refractivity contribution is 5.53. The van der Waals surface area contributed by atoms with Crippen molar-refractivity contribution in [2.24, 2.45) is 17.8 Å². The smallest absolute Gasteiger partial charge is 0.203 e. The molecule has 1 aromatic carbocycles. The second-order valence-corrected chi connectivity index (χ2v) is 8.15. The molecule has 3 atom stereocenters. The second kappa shape index (κ2) is 8.11. The molecule has 3 unspecified atom stereocenters. The first-order valence-corrected chi connectivity index (χ1v) is 10.1. The average molecular weight is 373 g/mol. The van der Waals surface area contributed by atoms with Crippen LogP contribution < -0.4 is 14.2 Å². The summed E-state index contributed by atoms with van der Waals surface area (Å²) >= 11 is 0. The van der Waals surface area contributed by atoms with Gasteiger partial charge in [0, 0.05) is 39.3 Å². The van der Waals surface area contributed by atoms with Crippen LogP contribution in [0, 0.1) is 17.8 Å². The summed E-state index contributed by atoms with van der Waals surface area (Å²) in [5.41, 5.74) is 1.20. The summed E-state index contributed by atoms with van der Waals surface area (Å²) in [6, 6.07) is 4.13. The molecule has 1 saturated carbocycles. The molecule has 0 amide bonds. The van der Waals surface area contributed by atoms with E-state index in [9.17, 15) is 0 Å². The van der Waals surface area contributed by atoms with Crippen molar-refractivity contribution in [2.75, 3.05) is 54.1 Å². The van der Waals surface area contributed by atoms with Gasteiger partial charge in [0.2, 0.25) is 5.75 Å². The van der Waals surface area contributed by atoms with E-state index in [0.29, 0.717) is 5.75 Å². The molecule has 0 N–H and O–H groups in total. The van der Waals surface area contributed by atoms with Crippen LogP contribution in [0.15, 0.2) is 24.3 Å². The topological polar surface area (TPSA) is 34.2 Å². The molecule has 2 aliphatic carbocycles. The molecule has 0 aromatic heterocycles. The van der Waals surface area contributed by atoms with Crippen LogP contribution in [0.2, 0.25) is 0 Å². The minimum absolute atomic E-state index is 0.661. The molecule has 4 rings (SSSR count). The van der Waals surface area contributed by atoms with E-state index >= 15 is 0 Å². The van der Waals surface area contributed by atoms with Gasteiger partial charge in [-0.15, -0.1) is 0 Å². The first-order chi connectivity index (χ1) is 13.2. The molecule has 3 aliphatic rings. The van der Waals surface area contributed by atoms with E-state index in [2.05, 4.69) is 34.1 Å². The maximum absolute atomic E-state index is 5.49. The van der Waals surface area contributed by atoms with Crippen LogP contribution in [0.25, 0.3) is 0 Å². The Balaban J connectivity index is 1.32. The molecule has 2 fully saturated rings. The highest BCUT2D eigenvalue weighted by Crippen LogP contribution is 2.43. The predicted molar refractivity (Wildman–Crippen MR) is 107 cm³/mol. The predicted octanol–water partition coefficient (Wildman–Crippen LogP) is 3.04. The van der Waals surface area contributed by atoms with Gasteiger partial charge in [-0.3, -0.25) is 4.90 Å². The molecule has 5 heteroatoms. The molecule has 1 aromatic rings. The van der Waals surface area contributed by atoms with Crippen LogP contribution in [0.1, 0.15) is 18.4 Å². The van der Waals surface area contributed by atoms with E-state index in [1.807, 2.05) is 0 Å². The van der Waals surface area contributed by atoms with Crippen molar-refractivity contribution in [2.45, 2.75) is 19.4 Å². The Bertz CT molecular complexity index is 657. The Morgan fingerprint density at radius 1 is 0.852 bits per heavy atom. The third-order valence-electron chi connectivity index (χ3n) is 6.50. The van der Waals surface area contributed by atoms with E-state index in [1.165, 1.54) is 38.0 Å². The lowest BCUT2D eigenvalue weighted by molar-refractivity contribution is 0.108. The largest absolute Gasteiger partial charge is 0.493 e. The summed E-state index contributed by atoms with van der Waals surface area (Å²) in [7, 11) is 4.99. The van der Waals surface area contributed by atoms with Gasteiger partial charge in [0.25, 0.3) is 0 Å². The minimum atomic E-state index is 0.661. The number of benzene rings is 1. The van der Waals surface area contributed by atoms with E-state index in [1.54, 1.807) is 21.3 Å². The van der Waals surface area contributed by atoms with Gasteiger partial charge in [0.15, 0.2) is 11.5 Å². The number of allylic oxidation sites excluding steroid dienone is 2. The number of nitrogens with zero attached hydrogens (tertiary/aromatic N) is 2. The normalized spacial score (nSPS) is 27.9. The van der Waals surface area contributed by atoms with Crippen LogP contribution >= 0.6 is 0 Å². The zero-order valence-electron chi connectivity index (χ0n) is 16.8. The summed E-state index contributed by atoms with van der Waals surface area (Å²) in [5, 5.41) is 0. The standard InChI is InChI=1S/C22H32N2O3/c1-25-20-12-17(13-21(26-2)22(20)27-3)14-23-6-8-24(9-7-23)15-19-11-16-4-5-18(19)10-16/h4-5,12-13,16,18-19H,6-11,14-15H2,1-3H3. The molecular weight excluding hydrogens is 340 g/mol. The van der Waals surface area contributed by atoms with E-state index < -0.39 is 0 Å². The monoisotopic (exact) mass is 372 g/mol. The number of piperazine rings is 1. The van der Waals surface area contributed by atoms with E-state index in [4.69, 9.17) is 14.2 Å². The van der Waals surface area contributed by atoms with Crippen molar-refractivity contribution >= 4 is 0 Å². The first-order valence-electron chi connectivity index (χ1n) is 10.1. The van der Waals surface area contributed by atoms with Gasteiger partial charge in [-0.1, -0.05) is 12.2 Å². The fourth-order valence-electron chi connectivity index (χ4n) is 5.05. The highest BCUT2D eigenvalue weighted by atomic mass is 16.5. The number of methoxy groups -OCH3 is 3. The SMILES string of the molecule is COc1cc(CN2CCN(CC3CC4C=CC3C4)CC2)cc(OC)c1OC. The van der Waals surface area contributed by atoms with Crippen LogP contribution in [0.3, 0.4) is 0 Å². The molecule has 1 heterocycles. The van der Waals surface area contributed by atoms with Crippen LogP contribution in [-0.4, -0.2) is 63.9 Å². The lowest BCUT2D eigenvalue weighted by Crippen LogP contribution is -2.47. The number of ether oxygens (including phenoxy) is 3. The average Bonchev–Trinajstić information content (AvgIpc) is 3.32. The molecule has 2 bridgehead atoms. The zero-order valence-corrected chi connectivity index (χ0v) is 16.8. The van der Waals surface area contributed by atoms with Gasteiger partial charge >= 0.3 is 0 Å². The molecule has 0 radical (unpaired) electrons. The summed E-state index contributed by atoms with van der Waals surface area (Å²) < 4.78 is 16.4. The molecule has 27 heavy (non-hydrogen) atoms. The van der Waals surface area contributed by atoms with Crippen LogP contribution in [0.5, 0.6) is 17.2 Å². The molecule has 1 saturated heterocycles. The minimum Gasteiger partial charge on any atom is -0.493 e. The third kappa shape index (κ3) is 3.94. The van der Waals surface area contributed by atoms with Gasteiger partial charge in [-0.2, -0.15) is 0 Å². The maximum atomic E-state index is 5.49. The summed E-state index contributed by atoms with van der Waals surface area (Å²) in [6.45, 7) is 6.77. The quantitative estimate of drug-likeness (QED) is 0.687. The lowest BCUT2D eigenvalue weighted by Gasteiger charge is -2.37. The van der Waals surface area contributed by atoms with Crippen molar-refractivity contribution in [3.05, 3.63) is 29.8 Å². The highest BCUT2D eigenvalue weighted by Gasteiger charge is 2.36.